The van der Waals surface area contributed by atoms with E-state index in [2.05, 4.69) is 16.9 Å². The van der Waals surface area contributed by atoms with Crippen molar-refractivity contribution in [2.24, 2.45) is 0 Å². The Morgan fingerprint density at radius 2 is 2.37 bits per heavy atom. The molecule has 0 radical (unpaired) electrons. The first kappa shape index (κ1) is 12.7. The molecule has 1 aromatic heterocycles. The molecule has 5 heteroatoms. The largest absolute Gasteiger partial charge is 0.490 e. The Bertz CT molecular complexity index is 569. The number of fused-ring (bicyclic) bond motifs is 1. The molecule has 4 nitrogen and oxygen atoms in total. The van der Waals surface area contributed by atoms with E-state index in [4.69, 9.17) is 10.5 Å². The SMILES string of the molecule is CN1CCCCC1COc1ccc2scnc2c1N. The Morgan fingerprint density at radius 3 is 3.21 bits per heavy atom. The van der Waals surface area contributed by atoms with Crippen LogP contribution in [0.2, 0.25) is 0 Å². The van der Waals surface area contributed by atoms with Crippen molar-refractivity contribution in [2.75, 3.05) is 25.9 Å². The number of hydrogen-bond acceptors (Lipinski definition) is 5. The maximum atomic E-state index is 6.12. The van der Waals surface area contributed by atoms with Gasteiger partial charge >= 0.3 is 0 Å². The van der Waals surface area contributed by atoms with Gasteiger partial charge in [-0.25, -0.2) is 4.98 Å². The summed E-state index contributed by atoms with van der Waals surface area (Å²) in [7, 11) is 2.17. The third-order valence-corrected chi connectivity index (χ3v) is 4.65. The molecule has 1 aromatic carbocycles. The number of benzene rings is 1. The molecule has 1 aliphatic heterocycles. The smallest absolute Gasteiger partial charge is 0.144 e. The summed E-state index contributed by atoms with van der Waals surface area (Å²) in [4.78, 5) is 6.67. The predicted molar refractivity (Wildman–Crippen MR) is 79.8 cm³/mol. The summed E-state index contributed by atoms with van der Waals surface area (Å²) in [6.45, 7) is 1.87. The maximum absolute atomic E-state index is 6.12. The van der Waals surface area contributed by atoms with Crippen molar-refractivity contribution < 1.29 is 4.74 Å². The highest BCUT2D eigenvalue weighted by Gasteiger charge is 2.20. The fraction of sp³-hybridized carbons (Fsp3) is 0.500. The lowest BCUT2D eigenvalue weighted by Gasteiger charge is -2.32. The highest BCUT2D eigenvalue weighted by atomic mass is 32.1. The van der Waals surface area contributed by atoms with Gasteiger partial charge in [-0.2, -0.15) is 0 Å². The number of nitrogens with zero attached hydrogens (tertiary/aromatic N) is 2. The average Bonchev–Trinajstić information content (AvgIpc) is 2.89. The molecule has 19 heavy (non-hydrogen) atoms. The van der Waals surface area contributed by atoms with E-state index in [-0.39, 0.29) is 0 Å². The zero-order valence-corrected chi connectivity index (χ0v) is 11.9. The highest BCUT2D eigenvalue weighted by Crippen LogP contribution is 2.32. The number of aromatic nitrogens is 1. The number of anilines is 1. The summed E-state index contributed by atoms with van der Waals surface area (Å²) in [5.74, 6) is 0.761. The van der Waals surface area contributed by atoms with Crippen LogP contribution < -0.4 is 10.5 Å². The molecule has 0 amide bonds. The van der Waals surface area contributed by atoms with E-state index >= 15 is 0 Å². The molecule has 2 heterocycles. The van der Waals surface area contributed by atoms with Crippen LogP contribution in [0.1, 0.15) is 19.3 Å². The van der Waals surface area contributed by atoms with Crippen LogP contribution in [-0.2, 0) is 0 Å². The van der Waals surface area contributed by atoms with Gasteiger partial charge in [0, 0.05) is 6.04 Å². The first-order valence-electron chi connectivity index (χ1n) is 6.70. The molecule has 1 atom stereocenters. The van der Waals surface area contributed by atoms with Gasteiger partial charge in [0.1, 0.15) is 23.6 Å². The van der Waals surface area contributed by atoms with Crippen molar-refractivity contribution in [3.63, 3.8) is 0 Å². The summed E-state index contributed by atoms with van der Waals surface area (Å²) in [6, 6.07) is 4.49. The lowest BCUT2D eigenvalue weighted by atomic mass is 10.0. The van der Waals surface area contributed by atoms with Crippen molar-refractivity contribution in [3.8, 4) is 5.75 Å². The molecular formula is C14H19N3OS. The van der Waals surface area contributed by atoms with E-state index in [0.717, 1.165) is 22.5 Å². The van der Waals surface area contributed by atoms with E-state index in [1.54, 1.807) is 11.3 Å². The number of hydrogen-bond donors (Lipinski definition) is 1. The van der Waals surface area contributed by atoms with Crippen molar-refractivity contribution in [3.05, 3.63) is 17.6 Å². The minimum atomic E-state index is 0.499. The van der Waals surface area contributed by atoms with Gasteiger partial charge in [0.25, 0.3) is 0 Å². The number of likely N-dealkylation sites (N-methyl/N-ethyl adjacent to an activating group) is 1. The lowest BCUT2D eigenvalue weighted by Crippen LogP contribution is -2.40. The number of nitrogens with two attached hydrogens (primary N) is 1. The van der Waals surface area contributed by atoms with Crippen LogP contribution in [0.25, 0.3) is 10.2 Å². The van der Waals surface area contributed by atoms with Crippen LogP contribution in [0.4, 0.5) is 5.69 Å². The molecular weight excluding hydrogens is 258 g/mol. The Labute approximate surface area is 117 Å². The summed E-state index contributed by atoms with van der Waals surface area (Å²) >= 11 is 1.60. The second kappa shape index (κ2) is 5.35. The van der Waals surface area contributed by atoms with Gasteiger partial charge in [-0.3, -0.25) is 0 Å². The van der Waals surface area contributed by atoms with Gasteiger partial charge in [-0.15, -0.1) is 11.3 Å². The Kier molecular flexibility index (Phi) is 3.57. The van der Waals surface area contributed by atoms with E-state index in [0.29, 0.717) is 18.3 Å². The Balaban J connectivity index is 1.72. The van der Waals surface area contributed by atoms with E-state index < -0.39 is 0 Å². The topological polar surface area (TPSA) is 51.4 Å². The van der Waals surface area contributed by atoms with E-state index in [1.807, 2.05) is 17.6 Å². The van der Waals surface area contributed by atoms with Crippen LogP contribution in [-0.4, -0.2) is 36.1 Å². The normalized spacial score (nSPS) is 20.8. The van der Waals surface area contributed by atoms with Crippen molar-refractivity contribution in [1.29, 1.82) is 0 Å². The molecule has 0 saturated carbocycles. The van der Waals surface area contributed by atoms with Crippen LogP contribution in [0.5, 0.6) is 5.75 Å². The van der Waals surface area contributed by atoms with Gasteiger partial charge in [0.05, 0.1) is 10.2 Å². The second-order valence-corrected chi connectivity index (χ2v) is 6.00. The number of piperidine rings is 1. The molecule has 0 spiro atoms. The molecule has 0 aliphatic carbocycles. The number of nitrogen functional groups attached to an aromatic ring is 1. The van der Waals surface area contributed by atoms with Gasteiger partial charge in [0.2, 0.25) is 0 Å². The van der Waals surface area contributed by atoms with E-state index in [1.165, 1.54) is 19.3 Å². The van der Waals surface area contributed by atoms with Crippen molar-refractivity contribution in [2.45, 2.75) is 25.3 Å². The van der Waals surface area contributed by atoms with Crippen LogP contribution in [0.15, 0.2) is 17.6 Å². The molecule has 2 aromatic rings. The third-order valence-electron chi connectivity index (χ3n) is 3.85. The van der Waals surface area contributed by atoms with Gasteiger partial charge in [-0.05, 0) is 38.6 Å². The van der Waals surface area contributed by atoms with Crippen LogP contribution in [0.3, 0.4) is 0 Å². The molecule has 1 saturated heterocycles. The first-order chi connectivity index (χ1) is 9.25. The summed E-state index contributed by atoms with van der Waals surface area (Å²) in [6.07, 6.45) is 3.79. The molecule has 3 rings (SSSR count). The van der Waals surface area contributed by atoms with Gasteiger partial charge in [-0.1, -0.05) is 6.42 Å². The standard InChI is InChI=1S/C14H19N3OS/c1-17-7-3-2-4-10(17)8-18-11-5-6-12-14(13(11)15)16-9-19-12/h5-6,9-10H,2-4,7-8,15H2,1H3. The molecule has 2 N–H and O–H groups in total. The fourth-order valence-electron chi connectivity index (χ4n) is 2.60. The lowest BCUT2D eigenvalue weighted by molar-refractivity contribution is 0.125. The van der Waals surface area contributed by atoms with Crippen LogP contribution >= 0.6 is 11.3 Å². The zero-order valence-electron chi connectivity index (χ0n) is 11.1. The zero-order chi connectivity index (χ0) is 13.2. The fourth-order valence-corrected chi connectivity index (χ4v) is 3.29. The van der Waals surface area contributed by atoms with Crippen molar-refractivity contribution in [1.82, 2.24) is 9.88 Å². The number of thiazole rings is 1. The molecule has 1 aliphatic rings. The minimum Gasteiger partial charge on any atom is -0.490 e. The second-order valence-electron chi connectivity index (χ2n) is 5.12. The van der Waals surface area contributed by atoms with Crippen molar-refractivity contribution >= 4 is 27.2 Å². The summed E-state index contributed by atoms with van der Waals surface area (Å²) < 4.78 is 7.03. The monoisotopic (exact) mass is 277 g/mol. The average molecular weight is 277 g/mol. The predicted octanol–water partition coefficient (Wildman–Crippen LogP) is 2.74. The summed E-state index contributed by atoms with van der Waals surface area (Å²) in [5.41, 5.74) is 9.46. The minimum absolute atomic E-state index is 0.499. The molecule has 1 unspecified atom stereocenters. The Morgan fingerprint density at radius 1 is 1.47 bits per heavy atom. The maximum Gasteiger partial charge on any atom is 0.144 e. The molecule has 0 bridgehead atoms. The number of rotatable bonds is 3. The third kappa shape index (κ3) is 2.53. The quantitative estimate of drug-likeness (QED) is 0.876. The Hall–Kier alpha value is -1.33. The van der Waals surface area contributed by atoms with E-state index in [9.17, 15) is 0 Å². The molecule has 1 fully saturated rings. The first-order valence-corrected chi connectivity index (χ1v) is 7.58. The number of likely N-dealkylation sites (tertiary alicyclic amines) is 1. The highest BCUT2D eigenvalue weighted by molar-refractivity contribution is 7.16. The summed E-state index contributed by atoms with van der Waals surface area (Å²) in [5, 5.41) is 0. The van der Waals surface area contributed by atoms with Gasteiger partial charge in [0.15, 0.2) is 0 Å². The van der Waals surface area contributed by atoms with Gasteiger partial charge < -0.3 is 15.4 Å². The molecule has 102 valence electrons. The van der Waals surface area contributed by atoms with Crippen LogP contribution in [0, 0.1) is 0 Å². The number of ether oxygens (including phenoxy) is 1.